The molecule has 3 aliphatic carbocycles. The fraction of sp³-hybridized carbons (Fsp3) is 0.367. The van der Waals surface area contributed by atoms with Crippen molar-refractivity contribution in [2.24, 2.45) is 17.3 Å². The zero-order valence-corrected chi connectivity index (χ0v) is 20.9. The van der Waals surface area contributed by atoms with Gasteiger partial charge in [0.05, 0.1) is 23.5 Å². The van der Waals surface area contributed by atoms with Crippen LogP contribution < -0.4 is 5.32 Å². The van der Waals surface area contributed by atoms with Crippen LogP contribution >= 0.6 is 0 Å². The van der Waals surface area contributed by atoms with Gasteiger partial charge < -0.3 is 5.32 Å². The number of benzene rings is 2. The number of fused-ring (bicyclic) bond motifs is 4. The summed E-state index contributed by atoms with van der Waals surface area (Å²) in [5, 5.41) is 7.79. The lowest BCUT2D eigenvalue weighted by Crippen LogP contribution is -2.53. The van der Waals surface area contributed by atoms with Crippen molar-refractivity contribution in [3.8, 4) is 5.69 Å². The van der Waals surface area contributed by atoms with Crippen LogP contribution in [0.3, 0.4) is 0 Å². The number of alkyl halides is 3. The molecule has 0 unspecified atom stereocenters. The number of allylic oxidation sites excluding steroid dienone is 2. The zero-order valence-electron chi connectivity index (χ0n) is 20.9. The summed E-state index contributed by atoms with van der Waals surface area (Å²) in [6, 6.07) is 11.3. The summed E-state index contributed by atoms with van der Waals surface area (Å²) in [6.45, 7) is 2.38. The van der Waals surface area contributed by atoms with E-state index in [-0.39, 0.29) is 35.9 Å². The fourth-order valence-electron chi connectivity index (χ4n) is 6.69. The molecule has 1 N–H and O–H groups in total. The fourth-order valence-corrected chi connectivity index (χ4v) is 6.69. The van der Waals surface area contributed by atoms with E-state index in [9.17, 15) is 22.0 Å². The molecule has 0 saturated heterocycles. The van der Waals surface area contributed by atoms with Gasteiger partial charge in [-0.2, -0.15) is 18.3 Å². The molecule has 8 heteroatoms. The molecule has 0 spiro atoms. The van der Waals surface area contributed by atoms with Crippen molar-refractivity contribution in [3.63, 3.8) is 0 Å². The van der Waals surface area contributed by atoms with Crippen molar-refractivity contribution in [2.75, 3.05) is 0 Å². The Kier molecular flexibility index (Phi) is 6.05. The smallest absolute Gasteiger partial charge is 0.309 e. The number of halogens is 5. The summed E-state index contributed by atoms with van der Waals surface area (Å²) in [6.07, 6.45) is 3.33. The number of nitrogens with one attached hydrogen (secondary N) is 1. The number of hydrogen-bond acceptors (Lipinski definition) is 2. The molecule has 0 radical (unpaired) electrons. The number of rotatable bonds is 4. The van der Waals surface area contributed by atoms with E-state index in [4.69, 9.17) is 0 Å². The Labute approximate surface area is 218 Å². The summed E-state index contributed by atoms with van der Waals surface area (Å²) >= 11 is 0. The minimum Gasteiger partial charge on any atom is -0.309 e. The SMILES string of the molecule is C[C@]12Cc3cnn(-c4ccc(F)cc4)c3C=C1CC[C@H]1C2=CC[C@@H](C(F)(F)F)[C@@H]1NCc1ccc(F)cc1. The molecule has 0 bridgehead atoms. The van der Waals surface area contributed by atoms with E-state index in [1.54, 1.807) is 28.9 Å². The standard InChI is InChI=1S/C30H28F5N3/c1-29-15-19-17-37-38(23-9-7-22(32)8-10-23)27(19)14-20(29)4-11-24-25(29)12-13-26(30(33,34)35)28(24)36-16-18-2-5-21(31)6-3-18/h2-3,5-10,12,14,17,24,26,28,36H,4,11,13,15-16H2,1H3/t24-,26+,28+,29-/m0/s1. The van der Waals surface area contributed by atoms with Crippen LogP contribution in [0.4, 0.5) is 22.0 Å². The molecule has 3 aromatic rings. The van der Waals surface area contributed by atoms with Gasteiger partial charge in [0.25, 0.3) is 0 Å². The van der Waals surface area contributed by atoms with E-state index in [1.807, 2.05) is 12.3 Å². The zero-order chi connectivity index (χ0) is 26.7. The lowest BCUT2D eigenvalue weighted by Gasteiger charge is -2.51. The quantitative estimate of drug-likeness (QED) is 0.289. The second-order valence-electron chi connectivity index (χ2n) is 10.8. The number of hydrogen-bond donors (Lipinski definition) is 1. The van der Waals surface area contributed by atoms with Gasteiger partial charge in [0, 0.05) is 18.0 Å². The van der Waals surface area contributed by atoms with Gasteiger partial charge in [-0.15, -0.1) is 0 Å². The topological polar surface area (TPSA) is 29.9 Å². The molecule has 3 nitrogen and oxygen atoms in total. The van der Waals surface area contributed by atoms with Gasteiger partial charge in [-0.3, -0.25) is 0 Å². The van der Waals surface area contributed by atoms with Crippen LogP contribution in [0.15, 0.2) is 72.0 Å². The van der Waals surface area contributed by atoms with E-state index in [2.05, 4.69) is 23.4 Å². The monoisotopic (exact) mass is 525 g/mol. The number of nitrogens with zero attached hydrogens (tertiary/aromatic N) is 2. The summed E-state index contributed by atoms with van der Waals surface area (Å²) in [4.78, 5) is 0. The Morgan fingerprint density at radius 3 is 2.39 bits per heavy atom. The van der Waals surface area contributed by atoms with Crippen molar-refractivity contribution in [1.29, 1.82) is 0 Å². The molecule has 3 aliphatic rings. The molecule has 1 aromatic heterocycles. The molecular weight excluding hydrogens is 497 g/mol. The summed E-state index contributed by atoms with van der Waals surface area (Å²) < 4.78 is 71.1. The van der Waals surface area contributed by atoms with Crippen molar-refractivity contribution in [3.05, 3.63) is 100 Å². The predicted octanol–water partition coefficient (Wildman–Crippen LogP) is 7.17. The van der Waals surface area contributed by atoms with Crippen LogP contribution in [0.2, 0.25) is 0 Å². The molecule has 4 atom stereocenters. The highest BCUT2D eigenvalue weighted by molar-refractivity contribution is 5.63. The van der Waals surface area contributed by atoms with E-state index in [1.165, 1.54) is 29.8 Å². The highest BCUT2D eigenvalue weighted by Crippen LogP contribution is 2.57. The molecule has 0 aliphatic heterocycles. The molecule has 1 heterocycles. The summed E-state index contributed by atoms with van der Waals surface area (Å²) in [5.41, 5.74) is 5.34. The third-order valence-corrected chi connectivity index (χ3v) is 8.62. The third kappa shape index (κ3) is 4.28. The Bertz CT molecular complexity index is 1400. The normalized spacial score (nSPS) is 26.6. The molecule has 0 amide bonds. The van der Waals surface area contributed by atoms with Crippen LogP contribution in [0, 0.1) is 28.9 Å². The largest absolute Gasteiger partial charge is 0.393 e. The second-order valence-corrected chi connectivity index (χ2v) is 10.8. The molecule has 38 heavy (non-hydrogen) atoms. The summed E-state index contributed by atoms with van der Waals surface area (Å²) in [5.74, 6) is -2.43. The summed E-state index contributed by atoms with van der Waals surface area (Å²) in [7, 11) is 0. The highest BCUT2D eigenvalue weighted by atomic mass is 19.4. The van der Waals surface area contributed by atoms with E-state index in [0.717, 1.165) is 28.1 Å². The van der Waals surface area contributed by atoms with E-state index in [0.29, 0.717) is 19.3 Å². The Morgan fingerprint density at radius 2 is 1.71 bits per heavy atom. The molecule has 1 saturated carbocycles. The van der Waals surface area contributed by atoms with Gasteiger partial charge in [0.15, 0.2) is 0 Å². The first-order chi connectivity index (χ1) is 18.1. The van der Waals surface area contributed by atoms with Gasteiger partial charge >= 0.3 is 6.18 Å². The highest BCUT2D eigenvalue weighted by Gasteiger charge is 2.54. The maximum atomic E-state index is 14.2. The minimum atomic E-state index is -4.32. The Morgan fingerprint density at radius 1 is 1.03 bits per heavy atom. The Balaban J connectivity index is 1.32. The molecule has 198 valence electrons. The third-order valence-electron chi connectivity index (χ3n) is 8.62. The lowest BCUT2D eigenvalue weighted by atomic mass is 9.55. The van der Waals surface area contributed by atoms with Crippen LogP contribution in [0.25, 0.3) is 11.8 Å². The average molecular weight is 526 g/mol. The Hall–Kier alpha value is -3.26. The predicted molar refractivity (Wildman–Crippen MR) is 135 cm³/mol. The molecule has 2 aromatic carbocycles. The average Bonchev–Trinajstić information content (AvgIpc) is 3.28. The van der Waals surface area contributed by atoms with Gasteiger partial charge in [0.1, 0.15) is 11.6 Å². The van der Waals surface area contributed by atoms with Crippen LogP contribution in [-0.2, 0) is 13.0 Å². The van der Waals surface area contributed by atoms with Gasteiger partial charge in [-0.05, 0) is 85.2 Å². The van der Waals surface area contributed by atoms with Gasteiger partial charge in [-0.1, -0.05) is 36.3 Å². The maximum Gasteiger partial charge on any atom is 0.393 e. The van der Waals surface area contributed by atoms with Gasteiger partial charge in [-0.25, -0.2) is 13.5 Å². The van der Waals surface area contributed by atoms with Crippen molar-refractivity contribution < 1.29 is 22.0 Å². The molecular formula is C30H28F5N3. The van der Waals surface area contributed by atoms with E-state index >= 15 is 0 Å². The van der Waals surface area contributed by atoms with Crippen LogP contribution in [-0.4, -0.2) is 22.0 Å². The number of aromatic nitrogens is 2. The van der Waals surface area contributed by atoms with E-state index < -0.39 is 18.1 Å². The maximum absolute atomic E-state index is 14.2. The first kappa shape index (κ1) is 25.0. The first-order valence-corrected chi connectivity index (χ1v) is 12.9. The molecule has 1 fully saturated rings. The second kappa shape index (κ2) is 9.19. The van der Waals surface area contributed by atoms with Crippen LogP contribution in [0.5, 0.6) is 0 Å². The lowest BCUT2D eigenvalue weighted by molar-refractivity contribution is -0.187. The van der Waals surface area contributed by atoms with Crippen molar-refractivity contribution in [1.82, 2.24) is 15.1 Å². The minimum absolute atomic E-state index is 0.0685. The molecule has 6 rings (SSSR count). The van der Waals surface area contributed by atoms with Crippen molar-refractivity contribution in [2.45, 2.75) is 51.4 Å². The van der Waals surface area contributed by atoms with Gasteiger partial charge in [0.2, 0.25) is 0 Å². The van der Waals surface area contributed by atoms with Crippen molar-refractivity contribution >= 4 is 6.08 Å². The van der Waals surface area contributed by atoms with Crippen LogP contribution in [0.1, 0.15) is 43.0 Å². The first-order valence-electron chi connectivity index (χ1n) is 12.9.